The fourth-order valence-corrected chi connectivity index (χ4v) is 2.01. The van der Waals surface area contributed by atoms with Crippen molar-refractivity contribution in [3.05, 3.63) is 63.6 Å². The standard InChI is InChI=1S/C14H16N2O3/c1-11-7-8-13(19-11)10-15(2)9-12-5-3-4-6-14(12)16(17)18/h3-8H,9-10H2,1-2H3. The number of hydrogen-bond acceptors (Lipinski definition) is 4. The second kappa shape index (κ2) is 5.67. The number of nitro benzene ring substituents is 1. The summed E-state index contributed by atoms with van der Waals surface area (Å²) in [5, 5.41) is 10.9. The number of benzene rings is 1. The highest BCUT2D eigenvalue weighted by molar-refractivity contribution is 5.39. The molecule has 1 aromatic carbocycles. The van der Waals surface area contributed by atoms with Crippen LogP contribution in [0.4, 0.5) is 5.69 Å². The molecule has 0 radical (unpaired) electrons. The largest absolute Gasteiger partial charge is 0.465 e. The van der Waals surface area contributed by atoms with Crippen molar-refractivity contribution in [3.63, 3.8) is 0 Å². The summed E-state index contributed by atoms with van der Waals surface area (Å²) < 4.78 is 5.49. The molecule has 1 aromatic heterocycles. The molecule has 0 unspecified atom stereocenters. The number of furan rings is 1. The maximum Gasteiger partial charge on any atom is 0.273 e. The molecule has 0 aliphatic heterocycles. The first-order chi connectivity index (χ1) is 9.06. The van der Waals surface area contributed by atoms with E-state index >= 15 is 0 Å². The lowest BCUT2D eigenvalue weighted by Gasteiger charge is -2.15. The fraction of sp³-hybridized carbons (Fsp3) is 0.286. The molecule has 0 amide bonds. The second-order valence-corrected chi connectivity index (χ2v) is 4.57. The van der Waals surface area contributed by atoms with Crippen molar-refractivity contribution in [2.75, 3.05) is 7.05 Å². The molecule has 0 N–H and O–H groups in total. The number of rotatable bonds is 5. The van der Waals surface area contributed by atoms with Crippen LogP contribution in [0.5, 0.6) is 0 Å². The van der Waals surface area contributed by atoms with Gasteiger partial charge in [-0.25, -0.2) is 0 Å². The minimum Gasteiger partial charge on any atom is -0.465 e. The normalized spacial score (nSPS) is 10.9. The predicted molar refractivity (Wildman–Crippen MR) is 71.7 cm³/mol. The van der Waals surface area contributed by atoms with Crippen LogP contribution in [0.3, 0.4) is 0 Å². The fourth-order valence-electron chi connectivity index (χ4n) is 2.01. The van der Waals surface area contributed by atoms with Crippen molar-refractivity contribution in [2.24, 2.45) is 0 Å². The van der Waals surface area contributed by atoms with Gasteiger partial charge in [0.25, 0.3) is 5.69 Å². The van der Waals surface area contributed by atoms with Crippen LogP contribution in [0.15, 0.2) is 40.8 Å². The van der Waals surface area contributed by atoms with Gasteiger partial charge in [-0.15, -0.1) is 0 Å². The molecule has 0 atom stereocenters. The van der Waals surface area contributed by atoms with E-state index in [4.69, 9.17) is 4.42 Å². The van der Waals surface area contributed by atoms with E-state index in [9.17, 15) is 10.1 Å². The van der Waals surface area contributed by atoms with E-state index in [0.29, 0.717) is 18.7 Å². The van der Waals surface area contributed by atoms with Gasteiger partial charge < -0.3 is 4.42 Å². The molecule has 0 aliphatic carbocycles. The molecule has 2 rings (SSSR count). The van der Waals surface area contributed by atoms with Crippen LogP contribution in [0.25, 0.3) is 0 Å². The van der Waals surface area contributed by atoms with Crippen molar-refractivity contribution in [3.8, 4) is 0 Å². The van der Waals surface area contributed by atoms with Crippen molar-refractivity contribution in [1.82, 2.24) is 4.90 Å². The van der Waals surface area contributed by atoms with Crippen molar-refractivity contribution in [2.45, 2.75) is 20.0 Å². The Labute approximate surface area is 111 Å². The van der Waals surface area contributed by atoms with Crippen molar-refractivity contribution < 1.29 is 9.34 Å². The molecule has 1 heterocycles. The molecule has 5 heteroatoms. The lowest BCUT2D eigenvalue weighted by molar-refractivity contribution is -0.385. The highest BCUT2D eigenvalue weighted by Crippen LogP contribution is 2.20. The zero-order valence-electron chi connectivity index (χ0n) is 11.0. The maximum atomic E-state index is 10.9. The molecular formula is C14H16N2O3. The summed E-state index contributed by atoms with van der Waals surface area (Å²) >= 11 is 0. The zero-order chi connectivity index (χ0) is 13.8. The van der Waals surface area contributed by atoms with Crippen LogP contribution >= 0.6 is 0 Å². The Morgan fingerprint density at radius 3 is 2.58 bits per heavy atom. The van der Waals surface area contributed by atoms with Gasteiger partial charge in [0, 0.05) is 18.2 Å². The molecule has 0 saturated heterocycles. The molecule has 19 heavy (non-hydrogen) atoms. The number of aryl methyl sites for hydroxylation is 1. The number of hydrogen-bond donors (Lipinski definition) is 0. The van der Waals surface area contributed by atoms with Gasteiger partial charge in [-0.1, -0.05) is 18.2 Å². The zero-order valence-corrected chi connectivity index (χ0v) is 11.0. The first kappa shape index (κ1) is 13.3. The number of para-hydroxylation sites is 1. The monoisotopic (exact) mass is 260 g/mol. The van der Waals surface area contributed by atoms with Gasteiger partial charge in [0.2, 0.25) is 0 Å². The van der Waals surface area contributed by atoms with E-state index in [1.807, 2.05) is 37.1 Å². The van der Waals surface area contributed by atoms with E-state index in [1.165, 1.54) is 6.07 Å². The highest BCUT2D eigenvalue weighted by atomic mass is 16.6. The number of nitrogens with zero attached hydrogens (tertiary/aromatic N) is 2. The SMILES string of the molecule is Cc1ccc(CN(C)Cc2ccccc2[N+](=O)[O-])o1. The summed E-state index contributed by atoms with van der Waals surface area (Å²) in [6, 6.07) is 10.6. The second-order valence-electron chi connectivity index (χ2n) is 4.57. The molecule has 0 bridgehead atoms. The Hall–Kier alpha value is -2.14. The third-order valence-electron chi connectivity index (χ3n) is 2.85. The quantitative estimate of drug-likeness (QED) is 0.612. The molecule has 0 spiro atoms. The maximum absolute atomic E-state index is 10.9. The summed E-state index contributed by atoms with van der Waals surface area (Å²) in [6.45, 7) is 3.03. The van der Waals surface area contributed by atoms with Gasteiger partial charge in [0.1, 0.15) is 11.5 Å². The summed E-state index contributed by atoms with van der Waals surface area (Å²) in [6.07, 6.45) is 0. The third-order valence-corrected chi connectivity index (χ3v) is 2.85. The van der Waals surface area contributed by atoms with Gasteiger partial charge in [-0.3, -0.25) is 15.0 Å². The third kappa shape index (κ3) is 3.42. The van der Waals surface area contributed by atoms with E-state index in [-0.39, 0.29) is 10.6 Å². The minimum atomic E-state index is -0.347. The van der Waals surface area contributed by atoms with E-state index in [2.05, 4.69) is 0 Å². The summed E-state index contributed by atoms with van der Waals surface area (Å²) in [5.74, 6) is 1.73. The first-order valence-electron chi connectivity index (χ1n) is 6.02. The highest BCUT2D eigenvalue weighted by Gasteiger charge is 2.14. The Balaban J connectivity index is 2.06. The van der Waals surface area contributed by atoms with Gasteiger partial charge in [-0.05, 0) is 26.1 Å². The van der Waals surface area contributed by atoms with E-state index in [1.54, 1.807) is 12.1 Å². The Bertz CT molecular complexity index is 578. The van der Waals surface area contributed by atoms with E-state index < -0.39 is 0 Å². The Morgan fingerprint density at radius 2 is 1.95 bits per heavy atom. The summed E-state index contributed by atoms with van der Waals surface area (Å²) in [5.41, 5.74) is 0.864. The molecule has 0 aliphatic rings. The average molecular weight is 260 g/mol. The lowest BCUT2D eigenvalue weighted by atomic mass is 10.1. The smallest absolute Gasteiger partial charge is 0.273 e. The van der Waals surface area contributed by atoms with Crippen LogP contribution in [0.2, 0.25) is 0 Å². The molecule has 2 aromatic rings. The van der Waals surface area contributed by atoms with Crippen molar-refractivity contribution in [1.29, 1.82) is 0 Å². The van der Waals surface area contributed by atoms with Crippen LogP contribution in [-0.4, -0.2) is 16.9 Å². The Morgan fingerprint density at radius 1 is 1.21 bits per heavy atom. The molecule has 0 saturated carbocycles. The first-order valence-corrected chi connectivity index (χ1v) is 6.02. The van der Waals surface area contributed by atoms with Crippen LogP contribution in [0, 0.1) is 17.0 Å². The van der Waals surface area contributed by atoms with Gasteiger partial charge in [-0.2, -0.15) is 0 Å². The average Bonchev–Trinajstić information content (AvgIpc) is 2.75. The molecule has 5 nitrogen and oxygen atoms in total. The van der Waals surface area contributed by atoms with Gasteiger partial charge in [0.05, 0.1) is 11.5 Å². The Kier molecular flexibility index (Phi) is 3.97. The van der Waals surface area contributed by atoms with Gasteiger partial charge in [0.15, 0.2) is 0 Å². The topological polar surface area (TPSA) is 59.5 Å². The predicted octanol–water partition coefficient (Wildman–Crippen LogP) is 3.13. The number of nitro groups is 1. The molecule has 100 valence electrons. The molecule has 0 fully saturated rings. The van der Waals surface area contributed by atoms with E-state index in [0.717, 1.165) is 11.5 Å². The lowest BCUT2D eigenvalue weighted by Crippen LogP contribution is -2.17. The summed E-state index contributed by atoms with van der Waals surface area (Å²) in [4.78, 5) is 12.6. The van der Waals surface area contributed by atoms with Crippen LogP contribution < -0.4 is 0 Å². The summed E-state index contributed by atoms with van der Waals surface area (Å²) in [7, 11) is 1.91. The van der Waals surface area contributed by atoms with Crippen molar-refractivity contribution >= 4 is 5.69 Å². The minimum absolute atomic E-state index is 0.157. The molecular weight excluding hydrogens is 244 g/mol. The van der Waals surface area contributed by atoms with Crippen LogP contribution in [-0.2, 0) is 13.1 Å². The van der Waals surface area contributed by atoms with Crippen LogP contribution in [0.1, 0.15) is 17.1 Å². The van der Waals surface area contributed by atoms with Gasteiger partial charge >= 0.3 is 0 Å².